The molecule has 1 rings (SSSR count). The van der Waals surface area contributed by atoms with E-state index in [4.69, 9.17) is 16.2 Å². The smallest absolute Gasteiger partial charge is 0.407 e. The molecule has 1 amide bonds. The molecule has 0 radical (unpaired) electrons. The fourth-order valence-electron chi connectivity index (χ4n) is 1.26. The summed E-state index contributed by atoms with van der Waals surface area (Å²) in [4.78, 5) is 19.0. The number of nitrogen functional groups attached to an aromatic ring is 2. The number of hydrogen-bond donors (Lipinski definition) is 4. The summed E-state index contributed by atoms with van der Waals surface area (Å²) in [6.07, 6.45) is 0.814. The van der Waals surface area contributed by atoms with Crippen LogP contribution in [0.2, 0.25) is 0 Å². The highest BCUT2D eigenvalue weighted by atomic mass is 16.6. The van der Waals surface area contributed by atoms with Crippen LogP contribution in [0.25, 0.3) is 0 Å². The summed E-state index contributed by atoms with van der Waals surface area (Å²) in [6, 6.07) is 0. The van der Waals surface area contributed by atoms with Gasteiger partial charge < -0.3 is 26.8 Å². The molecule has 0 aromatic carbocycles. The van der Waals surface area contributed by atoms with Gasteiger partial charge in [-0.15, -0.1) is 0 Å². The summed E-state index contributed by atoms with van der Waals surface area (Å²) in [5.41, 5.74) is 11.2. The van der Waals surface area contributed by atoms with Gasteiger partial charge in [-0.25, -0.2) is 14.8 Å². The molecule has 0 aliphatic rings. The molecule has 0 spiro atoms. The van der Waals surface area contributed by atoms with Gasteiger partial charge in [-0.3, -0.25) is 0 Å². The molecule has 0 bridgehead atoms. The minimum absolute atomic E-state index is 0.268. The van der Waals surface area contributed by atoms with Crippen LogP contribution >= 0.6 is 0 Å². The van der Waals surface area contributed by atoms with E-state index in [0.29, 0.717) is 18.8 Å². The Balaban J connectivity index is 2.34. The summed E-state index contributed by atoms with van der Waals surface area (Å²) in [5.74, 6) is 0.537. The Bertz CT molecular complexity index is 423. The Morgan fingerprint density at radius 2 is 1.84 bits per heavy atom. The fourth-order valence-corrected chi connectivity index (χ4v) is 1.26. The van der Waals surface area contributed by atoms with Crippen LogP contribution in [-0.2, 0) is 4.74 Å². The number of anilines is 3. The van der Waals surface area contributed by atoms with E-state index in [1.54, 1.807) is 20.8 Å². The van der Waals surface area contributed by atoms with Crippen LogP contribution in [0.15, 0.2) is 6.33 Å². The molecule has 0 aliphatic heterocycles. The van der Waals surface area contributed by atoms with Crippen molar-refractivity contribution in [3.63, 3.8) is 0 Å². The van der Waals surface area contributed by atoms with Crippen molar-refractivity contribution >= 4 is 23.4 Å². The summed E-state index contributed by atoms with van der Waals surface area (Å²) >= 11 is 0. The first-order valence-corrected chi connectivity index (χ1v) is 5.86. The number of ether oxygens (including phenoxy) is 1. The molecule has 8 nitrogen and oxygen atoms in total. The highest BCUT2D eigenvalue weighted by Gasteiger charge is 2.15. The van der Waals surface area contributed by atoms with Crippen molar-refractivity contribution in [2.75, 3.05) is 29.9 Å². The Labute approximate surface area is 111 Å². The number of rotatable bonds is 4. The van der Waals surface area contributed by atoms with Crippen LogP contribution in [0, 0.1) is 0 Å². The minimum atomic E-state index is -0.514. The number of nitrogens with two attached hydrogens (primary N) is 2. The van der Waals surface area contributed by atoms with E-state index in [2.05, 4.69) is 20.6 Å². The maximum Gasteiger partial charge on any atom is 0.407 e. The van der Waals surface area contributed by atoms with E-state index in [1.807, 2.05) is 0 Å². The van der Waals surface area contributed by atoms with E-state index in [-0.39, 0.29) is 11.6 Å². The van der Waals surface area contributed by atoms with Gasteiger partial charge in [0.05, 0.1) is 0 Å². The molecule has 19 heavy (non-hydrogen) atoms. The summed E-state index contributed by atoms with van der Waals surface area (Å²) in [5, 5.41) is 5.56. The average Bonchev–Trinajstić information content (AvgIpc) is 2.25. The number of carbonyl (C=O) groups excluding carboxylic acids is 1. The molecule has 1 heterocycles. The number of carbonyl (C=O) groups is 1. The third-order valence-electron chi connectivity index (χ3n) is 2.00. The third-order valence-corrected chi connectivity index (χ3v) is 2.00. The minimum Gasteiger partial charge on any atom is -0.444 e. The molecule has 8 heteroatoms. The summed E-state index contributed by atoms with van der Waals surface area (Å²) in [6.45, 7) is 6.19. The van der Waals surface area contributed by atoms with Crippen LogP contribution < -0.4 is 22.1 Å². The van der Waals surface area contributed by atoms with Crippen molar-refractivity contribution in [1.82, 2.24) is 15.3 Å². The third kappa shape index (κ3) is 5.28. The lowest BCUT2D eigenvalue weighted by molar-refractivity contribution is 0.0530. The molecule has 1 aromatic heterocycles. The van der Waals surface area contributed by atoms with Crippen molar-refractivity contribution in [2.45, 2.75) is 26.4 Å². The van der Waals surface area contributed by atoms with Crippen LogP contribution in [-0.4, -0.2) is 34.8 Å². The van der Waals surface area contributed by atoms with E-state index in [9.17, 15) is 4.79 Å². The quantitative estimate of drug-likeness (QED) is 0.588. The molecule has 0 fully saturated rings. The molecule has 0 unspecified atom stereocenters. The second-order valence-electron chi connectivity index (χ2n) is 4.87. The molecular weight excluding hydrogens is 248 g/mol. The summed E-state index contributed by atoms with van der Waals surface area (Å²) < 4.78 is 5.09. The van der Waals surface area contributed by atoms with Gasteiger partial charge in [-0.1, -0.05) is 0 Å². The predicted molar refractivity (Wildman–Crippen MR) is 73.6 cm³/mol. The largest absolute Gasteiger partial charge is 0.444 e. The van der Waals surface area contributed by atoms with Crippen molar-refractivity contribution in [2.24, 2.45) is 0 Å². The second kappa shape index (κ2) is 6.07. The van der Waals surface area contributed by atoms with Gasteiger partial charge in [0.2, 0.25) is 0 Å². The van der Waals surface area contributed by atoms with Crippen molar-refractivity contribution in [1.29, 1.82) is 0 Å². The van der Waals surface area contributed by atoms with Gasteiger partial charge >= 0.3 is 6.09 Å². The number of alkyl carbamates (subject to hydrolysis) is 1. The molecule has 1 aromatic rings. The number of amides is 1. The van der Waals surface area contributed by atoms with Crippen LogP contribution in [0.3, 0.4) is 0 Å². The highest BCUT2D eigenvalue weighted by Crippen LogP contribution is 2.19. The van der Waals surface area contributed by atoms with Gasteiger partial charge in [0.15, 0.2) is 11.6 Å². The zero-order valence-corrected chi connectivity index (χ0v) is 11.4. The molecule has 0 aliphatic carbocycles. The monoisotopic (exact) mass is 268 g/mol. The number of aromatic nitrogens is 2. The Kier molecular flexibility index (Phi) is 4.74. The molecule has 106 valence electrons. The van der Waals surface area contributed by atoms with Crippen LogP contribution in [0.5, 0.6) is 0 Å². The number of hydrogen-bond acceptors (Lipinski definition) is 7. The lowest BCUT2D eigenvalue weighted by Gasteiger charge is -2.19. The SMILES string of the molecule is CC(C)(C)OC(=O)NCCNc1c(N)ncnc1N. The van der Waals surface area contributed by atoms with Crippen molar-refractivity contribution < 1.29 is 9.53 Å². The Morgan fingerprint density at radius 1 is 1.26 bits per heavy atom. The highest BCUT2D eigenvalue weighted by molar-refractivity contribution is 5.73. The molecule has 0 saturated carbocycles. The predicted octanol–water partition coefficient (Wildman–Crippen LogP) is 0.578. The fraction of sp³-hybridized carbons (Fsp3) is 0.545. The maximum absolute atomic E-state index is 11.4. The van der Waals surface area contributed by atoms with E-state index >= 15 is 0 Å². The van der Waals surface area contributed by atoms with Crippen LogP contribution in [0.4, 0.5) is 22.1 Å². The van der Waals surface area contributed by atoms with Gasteiger partial charge in [0, 0.05) is 13.1 Å². The van der Waals surface area contributed by atoms with Gasteiger partial charge in [-0.05, 0) is 20.8 Å². The Hall–Kier alpha value is -2.25. The second-order valence-corrected chi connectivity index (χ2v) is 4.87. The van der Waals surface area contributed by atoms with Gasteiger partial charge in [0.25, 0.3) is 0 Å². The molecule has 6 N–H and O–H groups in total. The average molecular weight is 268 g/mol. The molecule has 0 saturated heterocycles. The lowest BCUT2D eigenvalue weighted by atomic mass is 10.2. The zero-order chi connectivity index (χ0) is 14.5. The van der Waals surface area contributed by atoms with Crippen molar-refractivity contribution in [3.8, 4) is 0 Å². The lowest BCUT2D eigenvalue weighted by Crippen LogP contribution is -2.35. The van der Waals surface area contributed by atoms with Gasteiger partial charge in [0.1, 0.15) is 17.6 Å². The van der Waals surface area contributed by atoms with E-state index in [1.165, 1.54) is 6.33 Å². The first kappa shape index (κ1) is 14.8. The summed E-state index contributed by atoms with van der Waals surface area (Å²) in [7, 11) is 0. The first-order chi connectivity index (χ1) is 8.79. The number of nitrogens with zero attached hydrogens (tertiary/aromatic N) is 2. The van der Waals surface area contributed by atoms with E-state index in [0.717, 1.165) is 0 Å². The Morgan fingerprint density at radius 3 is 2.37 bits per heavy atom. The van der Waals surface area contributed by atoms with Gasteiger partial charge in [-0.2, -0.15) is 0 Å². The zero-order valence-electron chi connectivity index (χ0n) is 11.4. The van der Waals surface area contributed by atoms with Crippen LogP contribution in [0.1, 0.15) is 20.8 Å². The van der Waals surface area contributed by atoms with E-state index < -0.39 is 11.7 Å². The van der Waals surface area contributed by atoms with Crippen molar-refractivity contribution in [3.05, 3.63) is 6.33 Å². The molecule has 0 atom stereocenters. The standard InChI is InChI=1S/C11H20N6O2/c1-11(2,3)19-10(18)15-5-4-14-7-8(12)16-6-17-9(7)13/h6,14H,4-5H2,1-3H3,(H,15,18)(H4,12,13,16,17). The first-order valence-electron chi connectivity index (χ1n) is 5.86. The maximum atomic E-state index is 11.4. The molecular formula is C11H20N6O2. The number of nitrogens with one attached hydrogen (secondary N) is 2. The normalized spacial score (nSPS) is 10.9. The topological polar surface area (TPSA) is 128 Å².